The third-order valence-electron chi connectivity index (χ3n) is 3.66. The first-order valence-corrected chi connectivity index (χ1v) is 8.47. The lowest BCUT2D eigenvalue weighted by Crippen LogP contribution is -2.44. The highest BCUT2D eigenvalue weighted by molar-refractivity contribution is 5.91. The van der Waals surface area contributed by atoms with Gasteiger partial charge in [-0.2, -0.15) is 0 Å². The molecule has 1 aromatic rings. The summed E-state index contributed by atoms with van der Waals surface area (Å²) in [6, 6.07) is 8.92. The maximum atomic E-state index is 12.2. The van der Waals surface area contributed by atoms with E-state index >= 15 is 0 Å². The summed E-state index contributed by atoms with van der Waals surface area (Å²) in [5.41, 5.74) is 0.645. The Labute approximate surface area is 158 Å². The number of anilines is 1. The third kappa shape index (κ3) is 8.35. The normalized spacial score (nSPS) is 12.4. The molecule has 0 bridgehead atoms. The van der Waals surface area contributed by atoms with Crippen molar-refractivity contribution >= 4 is 29.5 Å². The SMILES string of the molecule is CC(=O)OC[C@H](CN(C(C)=O)c1ccccc1)[C@H](COC(C)=O)OC(C)=O. The number of nitrogens with zero attached hydrogens (tertiary/aromatic N) is 1. The van der Waals surface area contributed by atoms with Crippen molar-refractivity contribution in [1.29, 1.82) is 0 Å². The number of carbonyl (C=O) groups is 4. The zero-order chi connectivity index (χ0) is 20.4. The monoisotopic (exact) mass is 379 g/mol. The number of esters is 3. The van der Waals surface area contributed by atoms with E-state index < -0.39 is 29.9 Å². The van der Waals surface area contributed by atoms with Gasteiger partial charge in [0.15, 0.2) is 0 Å². The Hall–Kier alpha value is -2.90. The van der Waals surface area contributed by atoms with Crippen LogP contribution in [0.3, 0.4) is 0 Å². The lowest BCUT2D eigenvalue weighted by Gasteiger charge is -2.31. The van der Waals surface area contributed by atoms with Crippen molar-refractivity contribution in [3.05, 3.63) is 30.3 Å². The lowest BCUT2D eigenvalue weighted by atomic mass is 10.0. The molecule has 8 nitrogen and oxygen atoms in total. The maximum Gasteiger partial charge on any atom is 0.303 e. The van der Waals surface area contributed by atoms with E-state index in [1.165, 1.54) is 32.6 Å². The second kappa shape index (κ2) is 10.9. The largest absolute Gasteiger partial charge is 0.465 e. The Morgan fingerprint density at radius 2 is 1.41 bits per heavy atom. The van der Waals surface area contributed by atoms with Crippen LogP contribution >= 0.6 is 0 Å². The summed E-state index contributed by atoms with van der Waals surface area (Å²) in [7, 11) is 0. The minimum atomic E-state index is -0.878. The molecule has 0 aliphatic rings. The van der Waals surface area contributed by atoms with Crippen LogP contribution < -0.4 is 4.90 Å². The Balaban J connectivity index is 3.09. The average Bonchev–Trinajstić information content (AvgIpc) is 2.58. The number of amides is 1. The molecule has 0 fully saturated rings. The van der Waals surface area contributed by atoms with Crippen LogP contribution in [0.5, 0.6) is 0 Å². The van der Waals surface area contributed by atoms with Gasteiger partial charge in [0.25, 0.3) is 0 Å². The number of hydrogen-bond donors (Lipinski definition) is 0. The van der Waals surface area contributed by atoms with Crippen molar-refractivity contribution in [3.8, 4) is 0 Å². The van der Waals surface area contributed by atoms with Crippen LogP contribution in [0, 0.1) is 5.92 Å². The molecule has 2 atom stereocenters. The highest BCUT2D eigenvalue weighted by Crippen LogP contribution is 2.19. The van der Waals surface area contributed by atoms with Gasteiger partial charge in [-0.1, -0.05) is 18.2 Å². The molecule has 0 saturated heterocycles. The molecule has 1 aromatic carbocycles. The standard InChI is InChI=1S/C19H25NO7/c1-13(21)20(18-8-6-5-7-9-18)10-17(11-25-14(2)22)19(27-16(4)24)12-26-15(3)23/h5-9,17,19H,10-12H2,1-4H3/t17-,19-/m0/s1. The van der Waals surface area contributed by atoms with Crippen molar-refractivity contribution in [3.63, 3.8) is 0 Å². The fourth-order valence-electron chi connectivity index (χ4n) is 2.44. The highest BCUT2D eigenvalue weighted by atomic mass is 16.6. The van der Waals surface area contributed by atoms with E-state index in [4.69, 9.17) is 14.2 Å². The highest BCUT2D eigenvalue weighted by Gasteiger charge is 2.30. The average molecular weight is 379 g/mol. The predicted molar refractivity (Wildman–Crippen MR) is 96.8 cm³/mol. The Morgan fingerprint density at radius 1 is 0.852 bits per heavy atom. The third-order valence-corrected chi connectivity index (χ3v) is 3.66. The maximum absolute atomic E-state index is 12.2. The van der Waals surface area contributed by atoms with Crippen molar-refractivity contribution in [2.75, 3.05) is 24.7 Å². The van der Waals surface area contributed by atoms with Gasteiger partial charge in [0.05, 0.1) is 12.5 Å². The zero-order valence-corrected chi connectivity index (χ0v) is 16.0. The van der Waals surface area contributed by atoms with Gasteiger partial charge in [-0.25, -0.2) is 0 Å². The van der Waals surface area contributed by atoms with E-state index in [0.29, 0.717) is 5.69 Å². The first-order chi connectivity index (χ1) is 12.7. The fourth-order valence-corrected chi connectivity index (χ4v) is 2.44. The van der Waals surface area contributed by atoms with Crippen molar-refractivity contribution in [2.24, 2.45) is 5.92 Å². The van der Waals surface area contributed by atoms with Gasteiger partial charge in [0.1, 0.15) is 12.7 Å². The van der Waals surface area contributed by atoms with Gasteiger partial charge >= 0.3 is 17.9 Å². The van der Waals surface area contributed by atoms with Gasteiger partial charge in [0.2, 0.25) is 5.91 Å². The summed E-state index contributed by atoms with van der Waals surface area (Å²) in [6.07, 6.45) is -0.878. The van der Waals surface area contributed by atoms with Crippen LogP contribution in [0.1, 0.15) is 27.7 Å². The van der Waals surface area contributed by atoms with Gasteiger partial charge in [-0.15, -0.1) is 0 Å². The number of benzene rings is 1. The molecule has 0 saturated carbocycles. The molecule has 0 spiro atoms. The van der Waals surface area contributed by atoms with E-state index in [-0.39, 0.29) is 25.7 Å². The van der Waals surface area contributed by atoms with Crippen LogP contribution in [-0.4, -0.2) is 49.7 Å². The molecule has 0 aromatic heterocycles. The molecule has 0 heterocycles. The van der Waals surface area contributed by atoms with Crippen LogP contribution in [0.2, 0.25) is 0 Å². The van der Waals surface area contributed by atoms with E-state index in [9.17, 15) is 19.2 Å². The summed E-state index contributed by atoms with van der Waals surface area (Å²) < 4.78 is 15.3. The Bertz CT molecular complexity index is 659. The smallest absolute Gasteiger partial charge is 0.303 e. The van der Waals surface area contributed by atoms with Gasteiger partial charge < -0.3 is 19.1 Å². The topological polar surface area (TPSA) is 99.2 Å². The second-order valence-electron chi connectivity index (χ2n) is 5.98. The van der Waals surface area contributed by atoms with Gasteiger partial charge in [-0.3, -0.25) is 19.2 Å². The number of para-hydroxylation sites is 1. The summed E-state index contributed by atoms with van der Waals surface area (Å²) in [5.74, 6) is -2.45. The molecule has 148 valence electrons. The van der Waals surface area contributed by atoms with Gasteiger partial charge in [0, 0.05) is 39.9 Å². The quantitative estimate of drug-likeness (QED) is 0.476. The molecule has 27 heavy (non-hydrogen) atoms. The number of hydrogen-bond acceptors (Lipinski definition) is 7. The van der Waals surface area contributed by atoms with Crippen LogP contribution in [0.4, 0.5) is 5.69 Å². The molecule has 0 aliphatic heterocycles. The minimum absolute atomic E-state index is 0.103. The lowest BCUT2D eigenvalue weighted by molar-refractivity contribution is -0.162. The zero-order valence-electron chi connectivity index (χ0n) is 16.0. The molecule has 0 radical (unpaired) electrons. The summed E-state index contributed by atoms with van der Waals surface area (Å²) in [5, 5.41) is 0. The van der Waals surface area contributed by atoms with Crippen molar-refractivity contribution in [2.45, 2.75) is 33.8 Å². The van der Waals surface area contributed by atoms with Crippen LogP contribution in [-0.2, 0) is 33.4 Å². The molecule has 0 aliphatic carbocycles. The first kappa shape index (κ1) is 22.1. The van der Waals surface area contributed by atoms with Crippen LogP contribution in [0.25, 0.3) is 0 Å². The number of rotatable bonds is 9. The Morgan fingerprint density at radius 3 is 1.89 bits per heavy atom. The Kier molecular flexibility index (Phi) is 8.98. The molecular formula is C19H25NO7. The number of carbonyl (C=O) groups excluding carboxylic acids is 4. The van der Waals surface area contributed by atoms with Crippen molar-refractivity contribution < 1.29 is 33.4 Å². The van der Waals surface area contributed by atoms with E-state index in [0.717, 1.165) is 0 Å². The van der Waals surface area contributed by atoms with Crippen LogP contribution in [0.15, 0.2) is 30.3 Å². The molecular weight excluding hydrogens is 354 g/mol. The molecule has 1 amide bonds. The fraction of sp³-hybridized carbons (Fsp3) is 0.474. The van der Waals surface area contributed by atoms with Gasteiger partial charge in [-0.05, 0) is 12.1 Å². The first-order valence-electron chi connectivity index (χ1n) is 8.47. The summed E-state index contributed by atoms with van der Waals surface area (Å²) in [6.45, 7) is 4.91. The minimum Gasteiger partial charge on any atom is -0.465 e. The van der Waals surface area contributed by atoms with E-state index in [1.54, 1.807) is 24.3 Å². The predicted octanol–water partition coefficient (Wildman–Crippen LogP) is 1.71. The second-order valence-corrected chi connectivity index (χ2v) is 5.98. The number of ether oxygens (including phenoxy) is 3. The summed E-state index contributed by atoms with van der Waals surface area (Å²) in [4.78, 5) is 47.5. The van der Waals surface area contributed by atoms with E-state index in [2.05, 4.69) is 0 Å². The summed E-state index contributed by atoms with van der Waals surface area (Å²) >= 11 is 0. The molecule has 0 N–H and O–H groups in total. The molecule has 8 heteroatoms. The van der Waals surface area contributed by atoms with Crippen molar-refractivity contribution in [1.82, 2.24) is 0 Å². The molecule has 0 unspecified atom stereocenters. The van der Waals surface area contributed by atoms with E-state index in [1.807, 2.05) is 6.07 Å². The molecule has 1 rings (SSSR count).